The highest BCUT2D eigenvalue weighted by molar-refractivity contribution is 6.08. The molecule has 0 unspecified atom stereocenters. The van der Waals surface area contributed by atoms with Gasteiger partial charge in [0.05, 0.1) is 5.56 Å². The minimum atomic E-state index is -0.597. The molecule has 2 aromatic rings. The van der Waals surface area contributed by atoms with Gasteiger partial charge in [0.15, 0.2) is 0 Å². The van der Waals surface area contributed by atoms with E-state index < -0.39 is 17.8 Å². The molecule has 1 aromatic heterocycles. The summed E-state index contributed by atoms with van der Waals surface area (Å²) in [6, 6.07) is 3.66. The number of carbonyl (C=O) groups is 2. The molecule has 1 saturated heterocycles. The predicted molar refractivity (Wildman–Crippen MR) is 86.6 cm³/mol. The van der Waals surface area contributed by atoms with E-state index in [9.17, 15) is 14.0 Å². The van der Waals surface area contributed by atoms with Crippen molar-refractivity contribution < 1.29 is 14.0 Å². The first kappa shape index (κ1) is 15.1. The molecule has 3 atom stereocenters. The maximum absolute atomic E-state index is 13.9. The molecular weight excluding hydrogens is 309 g/mol. The molecule has 2 aliphatic rings. The van der Waals surface area contributed by atoms with E-state index in [2.05, 4.69) is 4.98 Å². The fourth-order valence-corrected chi connectivity index (χ4v) is 4.37. The van der Waals surface area contributed by atoms with Crippen molar-refractivity contribution >= 4 is 22.6 Å². The van der Waals surface area contributed by atoms with E-state index in [0.29, 0.717) is 23.2 Å². The van der Waals surface area contributed by atoms with Crippen molar-refractivity contribution in [3.05, 3.63) is 42.0 Å². The summed E-state index contributed by atoms with van der Waals surface area (Å²) in [7, 11) is 0. The summed E-state index contributed by atoms with van der Waals surface area (Å²) in [5, 5.41) is 1.20. The van der Waals surface area contributed by atoms with E-state index in [1.54, 1.807) is 18.5 Å². The van der Waals surface area contributed by atoms with Crippen LogP contribution < -0.4 is 5.73 Å². The van der Waals surface area contributed by atoms with Gasteiger partial charge in [0, 0.05) is 24.3 Å². The quantitative estimate of drug-likeness (QED) is 0.918. The van der Waals surface area contributed by atoms with Crippen molar-refractivity contribution in [2.45, 2.75) is 25.3 Å². The summed E-state index contributed by atoms with van der Waals surface area (Å²) in [5.74, 6) is -0.858. The van der Waals surface area contributed by atoms with Crippen molar-refractivity contribution in [1.29, 1.82) is 0 Å². The summed E-state index contributed by atoms with van der Waals surface area (Å²) in [4.78, 5) is 30.6. The molecular formula is C18H18FN3O2. The normalized spacial score (nSPS) is 25.9. The average Bonchev–Trinajstić information content (AvgIpc) is 3.13. The summed E-state index contributed by atoms with van der Waals surface area (Å²) in [6.45, 7) is 0.509. The van der Waals surface area contributed by atoms with E-state index in [0.717, 1.165) is 19.3 Å². The van der Waals surface area contributed by atoms with Gasteiger partial charge < -0.3 is 10.6 Å². The van der Waals surface area contributed by atoms with Crippen LogP contribution in [0.1, 0.15) is 29.6 Å². The molecule has 2 heterocycles. The number of amides is 2. The summed E-state index contributed by atoms with van der Waals surface area (Å²) >= 11 is 0. The van der Waals surface area contributed by atoms with Gasteiger partial charge in [-0.2, -0.15) is 0 Å². The Bertz CT molecular complexity index is 838. The monoisotopic (exact) mass is 327 g/mol. The number of hydrogen-bond donors (Lipinski definition) is 1. The predicted octanol–water partition coefficient (Wildman–Crippen LogP) is 2.10. The second-order valence-corrected chi connectivity index (χ2v) is 6.71. The highest BCUT2D eigenvalue weighted by Gasteiger charge is 2.48. The van der Waals surface area contributed by atoms with Gasteiger partial charge in [0.2, 0.25) is 5.91 Å². The lowest BCUT2D eigenvalue weighted by Crippen LogP contribution is -2.46. The highest BCUT2D eigenvalue weighted by Crippen LogP contribution is 2.42. The fraction of sp³-hybridized carbons (Fsp3) is 0.389. The number of carbonyl (C=O) groups excluding carboxylic acids is 2. The van der Waals surface area contributed by atoms with Crippen LogP contribution in [0, 0.1) is 17.7 Å². The number of halogens is 1. The number of aromatic nitrogens is 1. The van der Waals surface area contributed by atoms with Crippen LogP contribution in [-0.2, 0) is 4.79 Å². The summed E-state index contributed by atoms with van der Waals surface area (Å²) < 4.78 is 13.9. The molecule has 0 spiro atoms. The molecule has 6 heteroatoms. The third-order valence-corrected chi connectivity index (χ3v) is 5.39. The largest absolute Gasteiger partial charge is 0.368 e. The van der Waals surface area contributed by atoms with Gasteiger partial charge in [0.25, 0.3) is 5.91 Å². The van der Waals surface area contributed by atoms with Crippen LogP contribution in [0.2, 0.25) is 0 Å². The number of pyridine rings is 1. The second-order valence-electron chi connectivity index (χ2n) is 6.71. The highest BCUT2D eigenvalue weighted by atomic mass is 19.1. The molecule has 2 amide bonds. The number of likely N-dealkylation sites (tertiary alicyclic amines) is 1. The fourth-order valence-electron chi connectivity index (χ4n) is 4.37. The minimum absolute atomic E-state index is 0.129. The molecule has 124 valence electrons. The molecule has 1 aliphatic heterocycles. The zero-order chi connectivity index (χ0) is 16.8. The van der Waals surface area contributed by atoms with Gasteiger partial charge in [0.1, 0.15) is 11.9 Å². The number of rotatable bonds is 2. The Labute approximate surface area is 138 Å². The SMILES string of the molecule is NC(=O)[C@@H]1[C@H]2CCC[C@H]2CN1C(=O)c1cc(F)cc2ccncc12. The Balaban J connectivity index is 1.77. The Hall–Kier alpha value is -2.50. The lowest BCUT2D eigenvalue weighted by molar-refractivity contribution is -0.122. The number of hydrogen-bond acceptors (Lipinski definition) is 3. The Kier molecular flexibility index (Phi) is 3.48. The average molecular weight is 327 g/mol. The molecule has 0 bridgehead atoms. The second kappa shape index (κ2) is 5.54. The molecule has 0 radical (unpaired) electrons. The van der Waals surface area contributed by atoms with Gasteiger partial charge in [-0.1, -0.05) is 6.42 Å². The number of fused-ring (bicyclic) bond motifs is 2. The lowest BCUT2D eigenvalue weighted by atomic mass is 9.93. The van der Waals surface area contributed by atoms with E-state index in [1.165, 1.54) is 17.0 Å². The lowest BCUT2D eigenvalue weighted by Gasteiger charge is -2.25. The minimum Gasteiger partial charge on any atom is -0.368 e. The van der Waals surface area contributed by atoms with Crippen molar-refractivity contribution in [2.75, 3.05) is 6.54 Å². The molecule has 1 aliphatic carbocycles. The van der Waals surface area contributed by atoms with Crippen molar-refractivity contribution in [3.63, 3.8) is 0 Å². The molecule has 4 rings (SSSR count). The summed E-state index contributed by atoms with van der Waals surface area (Å²) in [6.07, 6.45) is 6.09. The van der Waals surface area contributed by atoms with Crippen LogP contribution in [-0.4, -0.2) is 34.3 Å². The van der Waals surface area contributed by atoms with Gasteiger partial charge in [-0.25, -0.2) is 4.39 Å². The smallest absolute Gasteiger partial charge is 0.255 e. The maximum Gasteiger partial charge on any atom is 0.255 e. The summed E-state index contributed by atoms with van der Waals surface area (Å²) in [5.41, 5.74) is 5.82. The van der Waals surface area contributed by atoms with Crippen LogP contribution in [0.3, 0.4) is 0 Å². The first-order chi connectivity index (χ1) is 11.6. The number of benzene rings is 1. The van der Waals surface area contributed by atoms with E-state index >= 15 is 0 Å². The zero-order valence-corrected chi connectivity index (χ0v) is 13.1. The van der Waals surface area contributed by atoms with Gasteiger partial charge in [-0.05, 0) is 48.3 Å². The van der Waals surface area contributed by atoms with Gasteiger partial charge in [-0.3, -0.25) is 14.6 Å². The Morgan fingerprint density at radius 3 is 2.92 bits per heavy atom. The first-order valence-corrected chi connectivity index (χ1v) is 8.20. The Morgan fingerprint density at radius 1 is 1.29 bits per heavy atom. The van der Waals surface area contributed by atoms with Crippen LogP contribution in [0.25, 0.3) is 10.8 Å². The molecule has 5 nitrogen and oxygen atoms in total. The molecule has 1 aromatic carbocycles. The molecule has 24 heavy (non-hydrogen) atoms. The Morgan fingerprint density at radius 2 is 2.12 bits per heavy atom. The van der Waals surface area contributed by atoms with Crippen molar-refractivity contribution in [2.24, 2.45) is 17.6 Å². The maximum atomic E-state index is 13.9. The first-order valence-electron chi connectivity index (χ1n) is 8.20. The molecule has 1 saturated carbocycles. The molecule has 2 fully saturated rings. The van der Waals surface area contributed by atoms with Crippen LogP contribution >= 0.6 is 0 Å². The van der Waals surface area contributed by atoms with E-state index in [1.807, 2.05) is 0 Å². The zero-order valence-electron chi connectivity index (χ0n) is 13.1. The van der Waals surface area contributed by atoms with Crippen molar-refractivity contribution in [1.82, 2.24) is 9.88 Å². The topological polar surface area (TPSA) is 76.3 Å². The van der Waals surface area contributed by atoms with Crippen LogP contribution in [0.4, 0.5) is 4.39 Å². The number of nitrogens with two attached hydrogens (primary N) is 1. The molecule has 2 N–H and O–H groups in total. The van der Waals surface area contributed by atoms with Crippen molar-refractivity contribution in [3.8, 4) is 0 Å². The number of nitrogens with zero attached hydrogens (tertiary/aromatic N) is 2. The third-order valence-electron chi connectivity index (χ3n) is 5.39. The van der Waals surface area contributed by atoms with E-state index in [4.69, 9.17) is 5.73 Å². The van der Waals surface area contributed by atoms with Crippen LogP contribution in [0.15, 0.2) is 30.6 Å². The van der Waals surface area contributed by atoms with Gasteiger partial charge in [-0.15, -0.1) is 0 Å². The number of primary amides is 1. The van der Waals surface area contributed by atoms with Gasteiger partial charge >= 0.3 is 0 Å². The van der Waals surface area contributed by atoms with Crippen LogP contribution in [0.5, 0.6) is 0 Å². The van der Waals surface area contributed by atoms with E-state index in [-0.39, 0.29) is 17.4 Å². The third kappa shape index (κ3) is 2.25. The standard InChI is InChI=1S/C18H18FN3O2/c19-12-6-10-4-5-21-8-15(10)14(7-12)18(24)22-9-11-2-1-3-13(11)16(22)17(20)23/h4-8,11,13,16H,1-3,9H2,(H2,20,23)/t11-,13-,16-/m0/s1.